The van der Waals surface area contributed by atoms with Crippen molar-refractivity contribution in [1.29, 1.82) is 0 Å². The molecular weight excluding hydrogens is 398 g/mol. The van der Waals surface area contributed by atoms with Gasteiger partial charge in [-0.15, -0.1) is 0 Å². The third kappa shape index (κ3) is 3.90. The fourth-order valence-electron chi connectivity index (χ4n) is 3.45. The minimum absolute atomic E-state index is 0.0886. The Bertz CT molecular complexity index is 1250. The second kappa shape index (κ2) is 8.39. The molecule has 158 valence electrons. The number of hydrogen-bond acceptors (Lipinski definition) is 6. The summed E-state index contributed by atoms with van der Waals surface area (Å²) in [4.78, 5) is 24.8. The van der Waals surface area contributed by atoms with Gasteiger partial charge in [0.15, 0.2) is 0 Å². The number of rotatable bonds is 6. The number of carbonyl (C=O) groups excluding carboxylic acids is 2. The summed E-state index contributed by atoms with van der Waals surface area (Å²) in [5, 5.41) is 3.61. The van der Waals surface area contributed by atoms with E-state index < -0.39 is 11.9 Å². The van der Waals surface area contributed by atoms with Gasteiger partial charge in [-0.1, -0.05) is 30.3 Å². The molecule has 0 aliphatic rings. The first-order chi connectivity index (χ1) is 15.0. The average molecular weight is 419 g/mol. The van der Waals surface area contributed by atoms with E-state index in [1.165, 1.54) is 7.11 Å². The van der Waals surface area contributed by atoms with Crippen LogP contribution < -0.4 is 10.1 Å². The molecule has 0 spiro atoms. The maximum Gasteiger partial charge on any atom is 0.341 e. The molecule has 0 radical (unpaired) electrons. The SMILES string of the molecule is COC(=O)c1cc(CNC(=O)c2oc3cc(OC)ccc3c2-c2ccccc2)oc1C. The lowest BCUT2D eigenvalue weighted by Crippen LogP contribution is -2.22. The fourth-order valence-corrected chi connectivity index (χ4v) is 3.45. The summed E-state index contributed by atoms with van der Waals surface area (Å²) in [6.45, 7) is 1.75. The highest BCUT2D eigenvalue weighted by Gasteiger charge is 2.23. The Hall–Kier alpha value is -4.00. The Kier molecular flexibility index (Phi) is 5.49. The van der Waals surface area contributed by atoms with Gasteiger partial charge in [0.25, 0.3) is 5.91 Å². The van der Waals surface area contributed by atoms with E-state index in [1.54, 1.807) is 26.2 Å². The van der Waals surface area contributed by atoms with E-state index in [-0.39, 0.29) is 12.3 Å². The Morgan fingerprint density at radius 2 is 1.77 bits per heavy atom. The number of esters is 1. The van der Waals surface area contributed by atoms with Gasteiger partial charge in [-0.3, -0.25) is 4.79 Å². The summed E-state index contributed by atoms with van der Waals surface area (Å²) in [6.07, 6.45) is 0. The predicted octanol–water partition coefficient (Wildman–Crippen LogP) is 4.73. The second-order valence-corrected chi connectivity index (χ2v) is 6.89. The molecule has 4 aromatic rings. The van der Waals surface area contributed by atoms with Crippen LogP contribution in [0.2, 0.25) is 0 Å². The van der Waals surface area contributed by atoms with E-state index in [2.05, 4.69) is 5.32 Å². The molecule has 0 aliphatic carbocycles. The van der Waals surface area contributed by atoms with Crippen molar-refractivity contribution >= 4 is 22.8 Å². The van der Waals surface area contributed by atoms with Crippen molar-refractivity contribution in [1.82, 2.24) is 5.32 Å². The molecule has 0 aliphatic heterocycles. The number of benzene rings is 2. The first kappa shape index (κ1) is 20.3. The third-order valence-corrected chi connectivity index (χ3v) is 4.96. The smallest absolute Gasteiger partial charge is 0.341 e. The zero-order valence-corrected chi connectivity index (χ0v) is 17.4. The zero-order valence-electron chi connectivity index (χ0n) is 17.4. The van der Waals surface area contributed by atoms with Crippen molar-refractivity contribution in [2.75, 3.05) is 14.2 Å². The largest absolute Gasteiger partial charge is 0.497 e. The lowest BCUT2D eigenvalue weighted by molar-refractivity contribution is 0.0598. The van der Waals surface area contributed by atoms with Gasteiger partial charge in [0.05, 0.1) is 20.8 Å². The molecule has 0 saturated carbocycles. The molecule has 0 saturated heterocycles. The number of furan rings is 2. The van der Waals surface area contributed by atoms with E-state index in [1.807, 2.05) is 42.5 Å². The van der Waals surface area contributed by atoms with Crippen LogP contribution in [0.15, 0.2) is 63.4 Å². The maximum atomic E-state index is 13.0. The summed E-state index contributed by atoms with van der Waals surface area (Å²) < 4.78 is 21.5. The molecule has 7 heteroatoms. The van der Waals surface area contributed by atoms with Crippen molar-refractivity contribution in [3.05, 3.63) is 77.4 Å². The monoisotopic (exact) mass is 419 g/mol. The number of fused-ring (bicyclic) bond motifs is 1. The molecule has 2 heterocycles. The van der Waals surface area contributed by atoms with E-state index in [0.29, 0.717) is 34.0 Å². The summed E-state index contributed by atoms with van der Waals surface area (Å²) in [7, 11) is 2.88. The summed E-state index contributed by atoms with van der Waals surface area (Å²) >= 11 is 0. The van der Waals surface area contributed by atoms with Crippen LogP contribution in [0.3, 0.4) is 0 Å². The molecular formula is C24H21NO6. The first-order valence-electron chi connectivity index (χ1n) is 9.63. The highest BCUT2D eigenvalue weighted by molar-refractivity contribution is 6.08. The van der Waals surface area contributed by atoms with Crippen LogP contribution in [0, 0.1) is 6.92 Å². The Morgan fingerprint density at radius 1 is 1.00 bits per heavy atom. The normalized spacial score (nSPS) is 10.8. The number of nitrogens with one attached hydrogen (secondary N) is 1. The van der Waals surface area contributed by atoms with Crippen molar-refractivity contribution in [2.45, 2.75) is 13.5 Å². The van der Waals surface area contributed by atoms with Crippen LogP contribution >= 0.6 is 0 Å². The van der Waals surface area contributed by atoms with E-state index >= 15 is 0 Å². The number of ether oxygens (including phenoxy) is 2. The molecule has 1 N–H and O–H groups in total. The van der Waals surface area contributed by atoms with Crippen LogP contribution in [0.25, 0.3) is 22.1 Å². The summed E-state index contributed by atoms with van der Waals surface area (Å²) in [5.41, 5.74) is 2.43. The van der Waals surface area contributed by atoms with Gasteiger partial charge in [-0.2, -0.15) is 0 Å². The quantitative estimate of drug-likeness (QED) is 0.455. The highest BCUT2D eigenvalue weighted by Crippen LogP contribution is 2.36. The van der Waals surface area contributed by atoms with Crippen LogP contribution in [0.5, 0.6) is 5.75 Å². The van der Waals surface area contributed by atoms with Gasteiger partial charge in [-0.25, -0.2) is 4.79 Å². The van der Waals surface area contributed by atoms with Crippen LogP contribution in [0.1, 0.15) is 32.4 Å². The van der Waals surface area contributed by atoms with Gasteiger partial charge in [0.1, 0.15) is 28.4 Å². The van der Waals surface area contributed by atoms with E-state index in [0.717, 1.165) is 10.9 Å². The summed E-state index contributed by atoms with van der Waals surface area (Å²) in [6, 6.07) is 16.6. The molecule has 1 amide bonds. The van der Waals surface area contributed by atoms with Gasteiger partial charge >= 0.3 is 5.97 Å². The zero-order chi connectivity index (χ0) is 22.0. The Balaban J connectivity index is 1.67. The minimum atomic E-state index is -0.489. The number of methoxy groups -OCH3 is 2. The second-order valence-electron chi connectivity index (χ2n) is 6.89. The van der Waals surface area contributed by atoms with E-state index in [9.17, 15) is 9.59 Å². The van der Waals surface area contributed by atoms with Gasteiger partial charge in [0.2, 0.25) is 5.76 Å². The van der Waals surface area contributed by atoms with Crippen LogP contribution in [-0.2, 0) is 11.3 Å². The topological polar surface area (TPSA) is 90.9 Å². The third-order valence-electron chi connectivity index (χ3n) is 4.96. The van der Waals surface area contributed by atoms with Crippen molar-refractivity contribution in [2.24, 2.45) is 0 Å². The summed E-state index contributed by atoms with van der Waals surface area (Å²) in [5.74, 6) is 0.793. The molecule has 0 fully saturated rings. The van der Waals surface area contributed by atoms with Crippen molar-refractivity contribution in [3.8, 4) is 16.9 Å². The van der Waals surface area contributed by atoms with Gasteiger partial charge < -0.3 is 23.6 Å². The van der Waals surface area contributed by atoms with Crippen LogP contribution in [0.4, 0.5) is 0 Å². The molecule has 31 heavy (non-hydrogen) atoms. The maximum absolute atomic E-state index is 13.0. The number of aryl methyl sites for hydroxylation is 1. The molecule has 0 unspecified atom stereocenters. The Morgan fingerprint density at radius 3 is 2.48 bits per heavy atom. The Labute approximate surface area is 178 Å². The molecule has 2 aromatic carbocycles. The van der Waals surface area contributed by atoms with Crippen LogP contribution in [-0.4, -0.2) is 26.1 Å². The molecule has 0 atom stereocenters. The van der Waals surface area contributed by atoms with Crippen molar-refractivity contribution < 1.29 is 27.9 Å². The predicted molar refractivity (Wildman–Crippen MR) is 114 cm³/mol. The molecule has 4 rings (SSSR count). The number of carbonyl (C=O) groups is 2. The average Bonchev–Trinajstić information content (AvgIpc) is 3.37. The van der Waals surface area contributed by atoms with Gasteiger partial charge in [-0.05, 0) is 30.7 Å². The fraction of sp³-hybridized carbons (Fsp3) is 0.167. The van der Waals surface area contributed by atoms with Gasteiger partial charge in [0, 0.05) is 17.0 Å². The molecule has 0 bridgehead atoms. The lowest BCUT2D eigenvalue weighted by atomic mass is 10.0. The number of hydrogen-bond donors (Lipinski definition) is 1. The van der Waals surface area contributed by atoms with E-state index in [4.69, 9.17) is 18.3 Å². The van der Waals surface area contributed by atoms with Crippen molar-refractivity contribution in [3.63, 3.8) is 0 Å². The minimum Gasteiger partial charge on any atom is -0.497 e. The lowest BCUT2D eigenvalue weighted by Gasteiger charge is -2.05. The molecule has 2 aromatic heterocycles. The molecule has 7 nitrogen and oxygen atoms in total. The highest BCUT2D eigenvalue weighted by atomic mass is 16.5. The first-order valence-corrected chi connectivity index (χ1v) is 9.63. The standard InChI is InChI=1S/C24H21NO6/c1-14-19(24(27)29-3)11-17(30-14)13-25-23(26)22-21(15-7-5-4-6-8-15)18-10-9-16(28-2)12-20(18)31-22/h4-12H,13H2,1-3H3,(H,25,26). The number of amides is 1.